The summed E-state index contributed by atoms with van der Waals surface area (Å²) in [4.78, 5) is 11.2. The van der Waals surface area contributed by atoms with Crippen LogP contribution in [0.3, 0.4) is 0 Å². The molecule has 74 valence electrons. The highest BCUT2D eigenvalue weighted by atomic mass is 16.4. The summed E-state index contributed by atoms with van der Waals surface area (Å²) in [6.07, 6.45) is 4.79. The second kappa shape index (κ2) is 2.73. The van der Waals surface area contributed by atoms with Crippen LogP contribution in [0.2, 0.25) is 0 Å². The first-order chi connectivity index (χ1) is 6.03. The Morgan fingerprint density at radius 2 is 1.77 bits per heavy atom. The largest absolute Gasteiger partial charge is 0.481 e. The van der Waals surface area contributed by atoms with Crippen LogP contribution in [-0.2, 0) is 4.79 Å². The van der Waals surface area contributed by atoms with Gasteiger partial charge in [-0.1, -0.05) is 13.8 Å². The fourth-order valence-corrected chi connectivity index (χ4v) is 3.58. The average molecular weight is 182 g/mol. The van der Waals surface area contributed by atoms with Crippen LogP contribution in [0.4, 0.5) is 0 Å². The zero-order chi connectivity index (χ0) is 9.64. The Morgan fingerprint density at radius 1 is 1.23 bits per heavy atom. The summed E-state index contributed by atoms with van der Waals surface area (Å²) in [5, 5.41) is 9.20. The third kappa shape index (κ3) is 1.18. The van der Waals surface area contributed by atoms with Gasteiger partial charge in [0.05, 0.1) is 5.92 Å². The summed E-state index contributed by atoms with van der Waals surface area (Å²) in [6.45, 7) is 4.28. The van der Waals surface area contributed by atoms with Crippen molar-refractivity contribution in [1.29, 1.82) is 0 Å². The van der Waals surface area contributed by atoms with Crippen molar-refractivity contribution in [3.63, 3.8) is 0 Å². The van der Waals surface area contributed by atoms with Crippen molar-refractivity contribution in [1.82, 2.24) is 0 Å². The molecule has 13 heavy (non-hydrogen) atoms. The zero-order valence-electron chi connectivity index (χ0n) is 8.42. The topological polar surface area (TPSA) is 37.3 Å². The number of rotatable bonds is 1. The molecule has 0 aromatic rings. The van der Waals surface area contributed by atoms with E-state index >= 15 is 0 Å². The molecule has 2 nitrogen and oxygen atoms in total. The Labute approximate surface area is 79.3 Å². The number of carbonyl (C=O) groups is 1. The third-order valence-corrected chi connectivity index (χ3v) is 4.36. The Bertz CT molecular complexity index is 224. The Kier molecular flexibility index (Phi) is 1.90. The fraction of sp³-hybridized carbons (Fsp3) is 0.909. The third-order valence-electron chi connectivity index (χ3n) is 4.36. The van der Waals surface area contributed by atoms with Gasteiger partial charge in [0.15, 0.2) is 0 Å². The van der Waals surface area contributed by atoms with Gasteiger partial charge in [0.25, 0.3) is 0 Å². The van der Waals surface area contributed by atoms with Gasteiger partial charge in [-0.05, 0) is 42.9 Å². The van der Waals surface area contributed by atoms with Crippen LogP contribution in [0, 0.1) is 23.2 Å². The molecular weight excluding hydrogens is 164 g/mol. The van der Waals surface area contributed by atoms with E-state index < -0.39 is 5.97 Å². The van der Waals surface area contributed by atoms with Crippen molar-refractivity contribution >= 4 is 5.97 Å². The number of carboxylic acids is 1. The van der Waals surface area contributed by atoms with Gasteiger partial charge >= 0.3 is 5.97 Å². The van der Waals surface area contributed by atoms with Crippen LogP contribution in [0.15, 0.2) is 0 Å². The second-order valence-corrected chi connectivity index (χ2v) is 5.25. The summed E-state index contributed by atoms with van der Waals surface area (Å²) in [5.74, 6) is 0.454. The normalized spacial score (nSPS) is 41.8. The molecule has 1 atom stereocenters. The summed E-state index contributed by atoms with van der Waals surface area (Å²) < 4.78 is 0. The van der Waals surface area contributed by atoms with Gasteiger partial charge in [-0.15, -0.1) is 0 Å². The molecule has 1 unspecified atom stereocenters. The molecular formula is C11H18O2. The Morgan fingerprint density at radius 3 is 2.08 bits per heavy atom. The highest BCUT2D eigenvalue weighted by Gasteiger charge is 2.51. The van der Waals surface area contributed by atoms with Crippen molar-refractivity contribution in [3.8, 4) is 0 Å². The van der Waals surface area contributed by atoms with Crippen molar-refractivity contribution in [2.75, 3.05) is 0 Å². The van der Waals surface area contributed by atoms with E-state index in [1.54, 1.807) is 0 Å². The smallest absolute Gasteiger partial charge is 0.307 e. The lowest BCUT2D eigenvalue weighted by Gasteiger charge is -2.52. The molecule has 2 bridgehead atoms. The summed E-state index contributed by atoms with van der Waals surface area (Å²) in [5.41, 5.74) is 0.0347. The first-order valence-electron chi connectivity index (χ1n) is 5.26. The van der Waals surface area contributed by atoms with Gasteiger partial charge in [-0.2, -0.15) is 0 Å². The van der Waals surface area contributed by atoms with Crippen LogP contribution < -0.4 is 0 Å². The molecule has 2 heteroatoms. The average Bonchev–Trinajstić information content (AvgIpc) is 2.03. The van der Waals surface area contributed by atoms with E-state index in [2.05, 4.69) is 13.8 Å². The number of fused-ring (bicyclic) bond motifs is 3. The minimum Gasteiger partial charge on any atom is -0.481 e. The van der Waals surface area contributed by atoms with E-state index in [4.69, 9.17) is 0 Å². The van der Waals surface area contributed by atoms with E-state index in [1.807, 2.05) is 0 Å². The van der Waals surface area contributed by atoms with Gasteiger partial charge in [-0.3, -0.25) is 4.79 Å². The van der Waals surface area contributed by atoms with Crippen LogP contribution in [0.5, 0.6) is 0 Å². The van der Waals surface area contributed by atoms with Crippen molar-refractivity contribution in [2.45, 2.75) is 39.5 Å². The predicted octanol–water partition coefficient (Wildman–Crippen LogP) is 2.53. The second-order valence-electron chi connectivity index (χ2n) is 5.25. The van der Waals surface area contributed by atoms with E-state index in [0.29, 0.717) is 11.8 Å². The molecule has 0 saturated heterocycles. The van der Waals surface area contributed by atoms with Gasteiger partial charge in [0, 0.05) is 0 Å². The fourth-order valence-electron chi connectivity index (χ4n) is 3.58. The Balaban J connectivity index is 2.29. The quantitative estimate of drug-likeness (QED) is 0.676. The summed E-state index contributed by atoms with van der Waals surface area (Å²) in [7, 11) is 0. The minimum absolute atomic E-state index is 0.0347. The maximum absolute atomic E-state index is 11.2. The highest BCUT2D eigenvalue weighted by Crippen LogP contribution is 2.55. The number of hydrogen-bond acceptors (Lipinski definition) is 1. The van der Waals surface area contributed by atoms with Gasteiger partial charge < -0.3 is 5.11 Å². The molecule has 0 spiro atoms. The lowest BCUT2D eigenvalue weighted by atomic mass is 9.52. The predicted molar refractivity (Wildman–Crippen MR) is 50.4 cm³/mol. The van der Waals surface area contributed by atoms with Crippen molar-refractivity contribution in [3.05, 3.63) is 0 Å². The van der Waals surface area contributed by atoms with Crippen LogP contribution in [0.25, 0.3) is 0 Å². The van der Waals surface area contributed by atoms with Gasteiger partial charge in [-0.25, -0.2) is 0 Å². The molecule has 3 aliphatic rings. The maximum atomic E-state index is 11.2. The van der Waals surface area contributed by atoms with Crippen LogP contribution in [-0.4, -0.2) is 11.1 Å². The minimum atomic E-state index is -0.570. The Hall–Kier alpha value is -0.530. The molecule has 0 heterocycles. The highest BCUT2D eigenvalue weighted by molar-refractivity contribution is 5.71. The molecule has 0 aromatic heterocycles. The standard InChI is InChI=1S/C11H18O2/c1-11(2)8-5-3-7(4-6-8)9(11)10(12)13/h7-9H,3-6H2,1-2H3,(H,12,13). The zero-order valence-corrected chi connectivity index (χ0v) is 8.42. The van der Waals surface area contributed by atoms with Crippen LogP contribution in [0.1, 0.15) is 39.5 Å². The van der Waals surface area contributed by atoms with Crippen LogP contribution >= 0.6 is 0 Å². The number of carboxylic acid groups (broad SMARTS) is 1. The molecule has 0 amide bonds. The van der Waals surface area contributed by atoms with Crippen molar-refractivity contribution < 1.29 is 9.90 Å². The summed E-state index contributed by atoms with van der Waals surface area (Å²) >= 11 is 0. The maximum Gasteiger partial charge on any atom is 0.307 e. The first kappa shape index (κ1) is 9.04. The molecule has 3 saturated carbocycles. The van der Waals surface area contributed by atoms with E-state index in [1.165, 1.54) is 12.8 Å². The first-order valence-corrected chi connectivity index (χ1v) is 5.26. The lowest BCUT2D eigenvalue weighted by Crippen LogP contribution is -2.49. The molecule has 1 N–H and O–H groups in total. The summed E-state index contributed by atoms with van der Waals surface area (Å²) in [6, 6.07) is 0. The molecule has 3 fully saturated rings. The van der Waals surface area contributed by atoms with E-state index in [-0.39, 0.29) is 11.3 Å². The van der Waals surface area contributed by atoms with E-state index in [0.717, 1.165) is 12.8 Å². The molecule has 3 rings (SSSR count). The van der Waals surface area contributed by atoms with Gasteiger partial charge in [0.2, 0.25) is 0 Å². The van der Waals surface area contributed by atoms with E-state index in [9.17, 15) is 9.90 Å². The molecule has 0 radical (unpaired) electrons. The number of hydrogen-bond donors (Lipinski definition) is 1. The number of aliphatic carboxylic acids is 1. The lowest BCUT2D eigenvalue weighted by molar-refractivity contribution is -0.159. The molecule has 0 aromatic carbocycles. The monoisotopic (exact) mass is 182 g/mol. The van der Waals surface area contributed by atoms with Gasteiger partial charge in [0.1, 0.15) is 0 Å². The molecule has 3 aliphatic carbocycles. The SMILES string of the molecule is CC1(C)C2CCC(CC2)C1C(=O)O. The van der Waals surface area contributed by atoms with Crippen molar-refractivity contribution in [2.24, 2.45) is 23.2 Å². The molecule has 0 aliphatic heterocycles.